The number of thioether (sulfide) groups is 1. The summed E-state index contributed by atoms with van der Waals surface area (Å²) in [5.74, 6) is -9.14. The zero-order valence-corrected chi connectivity index (χ0v) is 15.5. The standard InChI is InChI=1S/C12H17F8NO3S2/c1-9(8(22)21(2)3,4-6-25-12(18,19)20)26(23,24)7-5-10(13,14)11(15,16)17/h4-7H2,1-3H3. The van der Waals surface area contributed by atoms with Gasteiger partial charge in [0.1, 0.15) is 4.75 Å². The van der Waals surface area contributed by atoms with Crippen molar-refractivity contribution >= 4 is 27.5 Å². The van der Waals surface area contributed by atoms with Gasteiger partial charge in [-0.05, 0) is 13.3 Å². The van der Waals surface area contributed by atoms with Crippen molar-refractivity contribution in [2.45, 2.75) is 42.1 Å². The van der Waals surface area contributed by atoms with Gasteiger partial charge in [-0.15, -0.1) is 0 Å². The number of nitrogens with zero attached hydrogens (tertiary/aromatic N) is 1. The SMILES string of the molecule is CN(C)C(=O)C(C)(CCSC(F)(F)F)S(=O)(=O)CCC(F)(F)C(F)(F)F. The van der Waals surface area contributed by atoms with E-state index in [0.29, 0.717) is 6.92 Å². The van der Waals surface area contributed by atoms with E-state index in [1.54, 1.807) is 0 Å². The molecule has 0 aromatic heterocycles. The number of sulfone groups is 1. The second-order valence-corrected chi connectivity index (χ2v) is 9.44. The Labute approximate surface area is 149 Å². The van der Waals surface area contributed by atoms with Gasteiger partial charge in [0.2, 0.25) is 5.91 Å². The molecule has 0 heterocycles. The topological polar surface area (TPSA) is 54.5 Å². The molecule has 26 heavy (non-hydrogen) atoms. The Morgan fingerprint density at radius 3 is 1.77 bits per heavy atom. The van der Waals surface area contributed by atoms with Crippen molar-refractivity contribution in [1.82, 2.24) is 4.90 Å². The second kappa shape index (κ2) is 8.07. The zero-order valence-electron chi connectivity index (χ0n) is 13.8. The normalized spacial score (nSPS) is 16.3. The molecule has 0 aliphatic carbocycles. The number of hydrogen-bond donors (Lipinski definition) is 0. The molecule has 0 spiro atoms. The quantitative estimate of drug-likeness (QED) is 0.544. The van der Waals surface area contributed by atoms with Crippen LogP contribution in [0.15, 0.2) is 0 Å². The average Bonchev–Trinajstić information content (AvgIpc) is 2.41. The molecule has 0 aromatic carbocycles. The summed E-state index contributed by atoms with van der Waals surface area (Å²) >= 11 is -0.630. The Morgan fingerprint density at radius 2 is 1.42 bits per heavy atom. The van der Waals surface area contributed by atoms with E-state index < -0.39 is 74.2 Å². The lowest BCUT2D eigenvalue weighted by Crippen LogP contribution is -2.52. The van der Waals surface area contributed by atoms with Gasteiger partial charge in [-0.25, -0.2) is 8.42 Å². The fourth-order valence-corrected chi connectivity index (χ4v) is 4.57. The van der Waals surface area contributed by atoms with Gasteiger partial charge in [0.15, 0.2) is 9.84 Å². The summed E-state index contributed by atoms with van der Waals surface area (Å²) in [5, 5.41) is 0. The Hall–Kier alpha value is -0.790. The predicted octanol–water partition coefficient (Wildman–Crippen LogP) is 3.48. The van der Waals surface area contributed by atoms with Crippen molar-refractivity contribution in [2.24, 2.45) is 0 Å². The maximum Gasteiger partial charge on any atom is 0.453 e. The van der Waals surface area contributed by atoms with Gasteiger partial charge in [-0.1, -0.05) is 11.8 Å². The third kappa shape index (κ3) is 6.43. The molecule has 1 atom stereocenters. The lowest BCUT2D eigenvalue weighted by molar-refractivity contribution is -0.282. The first-order valence-electron chi connectivity index (χ1n) is 6.86. The molecule has 156 valence electrons. The Morgan fingerprint density at radius 1 is 0.962 bits per heavy atom. The highest BCUT2D eigenvalue weighted by Gasteiger charge is 2.58. The van der Waals surface area contributed by atoms with E-state index in [-0.39, 0.29) is 0 Å². The number of rotatable bonds is 8. The molecule has 0 aliphatic rings. The smallest absolute Gasteiger partial charge is 0.347 e. The second-order valence-electron chi connectivity index (χ2n) is 5.75. The molecule has 0 saturated heterocycles. The summed E-state index contributed by atoms with van der Waals surface area (Å²) in [6, 6.07) is 0. The van der Waals surface area contributed by atoms with Gasteiger partial charge in [0.25, 0.3) is 0 Å². The van der Waals surface area contributed by atoms with Gasteiger partial charge in [0, 0.05) is 26.3 Å². The molecule has 0 fully saturated rings. The molecule has 0 rings (SSSR count). The minimum absolute atomic E-state index is 0.630. The number of alkyl halides is 8. The highest BCUT2D eigenvalue weighted by atomic mass is 32.2. The molecule has 0 N–H and O–H groups in total. The molecule has 0 radical (unpaired) electrons. The van der Waals surface area contributed by atoms with Crippen LogP contribution in [0.1, 0.15) is 19.8 Å². The van der Waals surface area contributed by atoms with Gasteiger partial charge in [-0.3, -0.25) is 4.79 Å². The largest absolute Gasteiger partial charge is 0.453 e. The van der Waals surface area contributed by atoms with Crippen LogP contribution >= 0.6 is 11.8 Å². The Balaban J connectivity index is 5.56. The lowest BCUT2D eigenvalue weighted by atomic mass is 10.1. The number of halogens is 8. The van der Waals surface area contributed by atoms with E-state index in [1.807, 2.05) is 0 Å². The molecule has 1 amide bonds. The molecule has 0 aromatic rings. The first-order chi connectivity index (χ1) is 11.3. The maximum absolute atomic E-state index is 13.0. The van der Waals surface area contributed by atoms with Crippen LogP contribution in [0.25, 0.3) is 0 Å². The van der Waals surface area contributed by atoms with Gasteiger partial charge in [-0.2, -0.15) is 35.1 Å². The van der Waals surface area contributed by atoms with E-state index in [0.717, 1.165) is 19.0 Å². The third-order valence-electron chi connectivity index (χ3n) is 3.49. The fourth-order valence-electron chi connectivity index (χ4n) is 1.86. The van der Waals surface area contributed by atoms with Crippen molar-refractivity contribution in [3.05, 3.63) is 0 Å². The van der Waals surface area contributed by atoms with Crippen molar-refractivity contribution in [1.29, 1.82) is 0 Å². The average molecular weight is 439 g/mol. The van der Waals surface area contributed by atoms with Gasteiger partial charge in [0.05, 0.1) is 5.75 Å². The van der Waals surface area contributed by atoms with Crippen molar-refractivity contribution in [3.63, 3.8) is 0 Å². The van der Waals surface area contributed by atoms with Crippen molar-refractivity contribution in [2.75, 3.05) is 25.6 Å². The van der Waals surface area contributed by atoms with E-state index in [9.17, 15) is 48.3 Å². The number of carbonyl (C=O) groups is 1. The van der Waals surface area contributed by atoms with E-state index in [4.69, 9.17) is 0 Å². The maximum atomic E-state index is 13.0. The molecular formula is C12H17F8NO3S2. The van der Waals surface area contributed by atoms with Crippen LogP contribution in [0.3, 0.4) is 0 Å². The number of carbonyl (C=O) groups excluding carboxylic acids is 1. The molecule has 1 unspecified atom stereocenters. The van der Waals surface area contributed by atoms with Crippen LogP contribution in [-0.4, -0.2) is 67.2 Å². The first-order valence-corrected chi connectivity index (χ1v) is 9.50. The van der Waals surface area contributed by atoms with Crippen molar-refractivity contribution in [3.8, 4) is 0 Å². The molecule has 0 saturated carbocycles. The molecular weight excluding hydrogens is 422 g/mol. The third-order valence-corrected chi connectivity index (χ3v) is 6.72. The molecule has 0 bridgehead atoms. The zero-order chi connectivity index (χ0) is 21.2. The van der Waals surface area contributed by atoms with Crippen LogP contribution in [0.5, 0.6) is 0 Å². The molecule has 0 aliphatic heterocycles. The Bertz CT molecular complexity index is 601. The Kier molecular flexibility index (Phi) is 7.82. The number of amides is 1. The van der Waals surface area contributed by atoms with Crippen LogP contribution in [0, 0.1) is 0 Å². The van der Waals surface area contributed by atoms with Crippen LogP contribution < -0.4 is 0 Å². The molecule has 14 heteroatoms. The van der Waals surface area contributed by atoms with Gasteiger partial charge >= 0.3 is 17.6 Å². The van der Waals surface area contributed by atoms with E-state index >= 15 is 0 Å². The number of hydrogen-bond acceptors (Lipinski definition) is 4. The fraction of sp³-hybridized carbons (Fsp3) is 0.917. The highest BCUT2D eigenvalue weighted by molar-refractivity contribution is 8.00. The summed E-state index contributed by atoms with van der Waals surface area (Å²) in [6.07, 6.45) is -9.04. The van der Waals surface area contributed by atoms with Crippen molar-refractivity contribution < 1.29 is 48.3 Å². The summed E-state index contributed by atoms with van der Waals surface area (Å²) in [5.41, 5.74) is -4.73. The first kappa shape index (κ1) is 25.2. The van der Waals surface area contributed by atoms with Crippen LogP contribution in [-0.2, 0) is 14.6 Å². The summed E-state index contributed by atoms with van der Waals surface area (Å²) in [7, 11) is -2.77. The molecule has 4 nitrogen and oxygen atoms in total. The van der Waals surface area contributed by atoms with E-state index in [2.05, 4.69) is 0 Å². The summed E-state index contributed by atoms with van der Waals surface area (Å²) < 4.78 is 121. The monoisotopic (exact) mass is 439 g/mol. The predicted molar refractivity (Wildman–Crippen MR) is 79.6 cm³/mol. The highest BCUT2D eigenvalue weighted by Crippen LogP contribution is 2.40. The van der Waals surface area contributed by atoms with Crippen LogP contribution in [0.4, 0.5) is 35.1 Å². The summed E-state index contributed by atoms with van der Waals surface area (Å²) in [4.78, 5) is 12.9. The minimum atomic E-state index is -5.99. The van der Waals surface area contributed by atoms with Crippen LogP contribution in [0.2, 0.25) is 0 Å². The minimum Gasteiger partial charge on any atom is -0.347 e. The lowest BCUT2D eigenvalue weighted by Gasteiger charge is -2.31. The van der Waals surface area contributed by atoms with E-state index in [1.165, 1.54) is 0 Å². The summed E-state index contributed by atoms with van der Waals surface area (Å²) in [6.45, 7) is 0.716. The van der Waals surface area contributed by atoms with Gasteiger partial charge < -0.3 is 4.90 Å².